The SMILES string of the molecule is CN1CCN(c2ccc(NC(=O)CSc3nc4ccc(NS(=O)(=O)c5ccc(F)cc5)cc4s3)cc2)CC1. The molecule has 12 heteroatoms. The molecule has 0 unspecified atom stereocenters. The third-order valence-electron chi connectivity index (χ3n) is 6.09. The number of hydrogen-bond donors (Lipinski definition) is 2. The van der Waals surface area contributed by atoms with Crippen LogP contribution in [-0.4, -0.2) is 63.2 Å². The van der Waals surface area contributed by atoms with Gasteiger partial charge >= 0.3 is 0 Å². The number of anilines is 3. The molecule has 0 saturated carbocycles. The Morgan fingerprint density at radius 2 is 1.68 bits per heavy atom. The van der Waals surface area contributed by atoms with Gasteiger partial charge in [-0.2, -0.15) is 0 Å². The molecular formula is C26H26FN5O3S3. The van der Waals surface area contributed by atoms with Crippen LogP contribution in [0, 0.1) is 5.82 Å². The van der Waals surface area contributed by atoms with E-state index in [2.05, 4.69) is 31.9 Å². The number of nitrogens with zero attached hydrogens (tertiary/aromatic N) is 3. The summed E-state index contributed by atoms with van der Waals surface area (Å²) in [6.45, 7) is 4.05. The summed E-state index contributed by atoms with van der Waals surface area (Å²) in [4.78, 5) is 21.7. The minimum Gasteiger partial charge on any atom is -0.369 e. The number of rotatable bonds is 8. The lowest BCUT2D eigenvalue weighted by molar-refractivity contribution is -0.113. The normalized spacial score (nSPS) is 14.5. The molecule has 3 aromatic carbocycles. The van der Waals surface area contributed by atoms with Crippen LogP contribution in [0.2, 0.25) is 0 Å². The molecule has 198 valence electrons. The van der Waals surface area contributed by atoms with E-state index in [1.54, 1.807) is 18.2 Å². The number of aromatic nitrogens is 1. The first kappa shape index (κ1) is 26.4. The summed E-state index contributed by atoms with van der Waals surface area (Å²) < 4.78 is 42.3. The Balaban J connectivity index is 1.16. The van der Waals surface area contributed by atoms with Crippen molar-refractivity contribution in [3.8, 4) is 0 Å². The first-order valence-electron chi connectivity index (χ1n) is 11.9. The van der Waals surface area contributed by atoms with Gasteiger partial charge in [0, 0.05) is 37.6 Å². The van der Waals surface area contributed by atoms with Gasteiger partial charge in [-0.25, -0.2) is 17.8 Å². The molecule has 0 radical (unpaired) electrons. The molecule has 38 heavy (non-hydrogen) atoms. The van der Waals surface area contributed by atoms with Crippen LogP contribution >= 0.6 is 23.1 Å². The molecule has 0 spiro atoms. The lowest BCUT2D eigenvalue weighted by Crippen LogP contribution is -2.44. The number of piperazine rings is 1. The average molecular weight is 572 g/mol. The van der Waals surface area contributed by atoms with Crippen LogP contribution in [0.25, 0.3) is 10.2 Å². The number of carbonyl (C=O) groups excluding carboxylic acids is 1. The highest BCUT2D eigenvalue weighted by molar-refractivity contribution is 8.01. The summed E-state index contributed by atoms with van der Waals surface area (Å²) in [5.41, 5.74) is 2.98. The summed E-state index contributed by atoms with van der Waals surface area (Å²) in [6.07, 6.45) is 0. The zero-order chi connectivity index (χ0) is 26.7. The second-order valence-corrected chi connectivity index (χ2v) is 12.8. The lowest BCUT2D eigenvalue weighted by Gasteiger charge is -2.34. The van der Waals surface area contributed by atoms with Gasteiger partial charge in [0.25, 0.3) is 10.0 Å². The van der Waals surface area contributed by atoms with Crippen LogP contribution in [-0.2, 0) is 14.8 Å². The Hall–Kier alpha value is -3.19. The third-order valence-corrected chi connectivity index (χ3v) is 9.65. The van der Waals surface area contributed by atoms with Crippen molar-refractivity contribution in [3.63, 3.8) is 0 Å². The smallest absolute Gasteiger partial charge is 0.261 e. The summed E-state index contributed by atoms with van der Waals surface area (Å²) >= 11 is 2.70. The number of thiazole rings is 1. The second kappa shape index (κ2) is 11.3. The largest absolute Gasteiger partial charge is 0.369 e. The molecule has 0 atom stereocenters. The lowest BCUT2D eigenvalue weighted by atomic mass is 10.2. The van der Waals surface area contributed by atoms with Crippen molar-refractivity contribution in [1.29, 1.82) is 0 Å². The summed E-state index contributed by atoms with van der Waals surface area (Å²) in [5, 5.41) is 2.93. The standard InChI is InChI=1S/C26H26FN5O3S3/c1-31-12-14-32(15-13-31)21-7-4-19(5-8-21)28-25(33)17-36-26-29-23-11-6-20(16-24(23)37-26)30-38(34,35)22-9-2-18(27)3-10-22/h2-11,16,30H,12-15,17H2,1H3,(H,28,33). The molecule has 1 aliphatic heterocycles. The van der Waals surface area contributed by atoms with E-state index in [-0.39, 0.29) is 16.6 Å². The Morgan fingerprint density at radius 1 is 1.00 bits per heavy atom. The van der Waals surface area contributed by atoms with Gasteiger partial charge < -0.3 is 15.1 Å². The number of hydrogen-bond acceptors (Lipinski definition) is 8. The number of nitrogens with one attached hydrogen (secondary N) is 2. The third kappa shape index (κ3) is 6.44. The molecular weight excluding hydrogens is 546 g/mol. The molecule has 1 amide bonds. The van der Waals surface area contributed by atoms with Crippen LogP contribution in [0.4, 0.5) is 21.5 Å². The van der Waals surface area contributed by atoms with Crippen molar-refractivity contribution >= 4 is 66.3 Å². The van der Waals surface area contributed by atoms with Gasteiger partial charge in [-0.1, -0.05) is 11.8 Å². The number of likely N-dealkylation sites (N-methyl/N-ethyl adjacent to an activating group) is 1. The fraction of sp³-hybridized carbons (Fsp3) is 0.231. The Morgan fingerprint density at radius 3 is 2.39 bits per heavy atom. The molecule has 1 saturated heterocycles. The molecule has 2 heterocycles. The van der Waals surface area contributed by atoms with Gasteiger partial charge in [-0.3, -0.25) is 9.52 Å². The predicted octanol–water partition coefficient (Wildman–Crippen LogP) is 4.72. The first-order chi connectivity index (χ1) is 18.2. The molecule has 2 N–H and O–H groups in total. The van der Waals surface area contributed by atoms with Gasteiger partial charge in [0.05, 0.1) is 26.6 Å². The average Bonchev–Trinajstić information content (AvgIpc) is 3.31. The number of carbonyl (C=O) groups is 1. The molecule has 0 aliphatic carbocycles. The zero-order valence-corrected chi connectivity index (χ0v) is 23.0. The monoisotopic (exact) mass is 571 g/mol. The Labute approximate surface area is 228 Å². The van der Waals surface area contributed by atoms with Crippen LogP contribution in [0.15, 0.2) is 76.0 Å². The van der Waals surface area contributed by atoms with Crippen molar-refractivity contribution in [2.24, 2.45) is 0 Å². The highest BCUT2D eigenvalue weighted by atomic mass is 32.2. The van der Waals surface area contributed by atoms with Gasteiger partial charge in [0.1, 0.15) is 5.82 Å². The van der Waals surface area contributed by atoms with Gasteiger partial charge in [0.2, 0.25) is 5.91 Å². The maximum Gasteiger partial charge on any atom is 0.261 e. The molecule has 5 rings (SSSR count). The predicted molar refractivity (Wildman–Crippen MR) is 152 cm³/mol. The quantitative estimate of drug-likeness (QED) is 0.296. The van der Waals surface area contributed by atoms with E-state index >= 15 is 0 Å². The van der Waals surface area contributed by atoms with Gasteiger partial charge in [-0.05, 0) is 73.8 Å². The maximum atomic E-state index is 13.1. The summed E-state index contributed by atoms with van der Waals surface area (Å²) in [5.74, 6) is -0.438. The first-order valence-corrected chi connectivity index (χ1v) is 15.2. The fourth-order valence-electron chi connectivity index (χ4n) is 4.00. The topological polar surface area (TPSA) is 94.6 Å². The molecule has 0 bridgehead atoms. The number of benzene rings is 3. The highest BCUT2D eigenvalue weighted by Crippen LogP contribution is 2.32. The maximum absolute atomic E-state index is 13.1. The van der Waals surface area contributed by atoms with Gasteiger partial charge in [-0.15, -0.1) is 11.3 Å². The molecule has 1 aromatic heterocycles. The van der Waals surface area contributed by atoms with Crippen LogP contribution in [0.3, 0.4) is 0 Å². The number of halogens is 1. The van der Waals surface area contributed by atoms with Gasteiger partial charge in [0.15, 0.2) is 4.34 Å². The number of fused-ring (bicyclic) bond motifs is 1. The summed E-state index contributed by atoms with van der Waals surface area (Å²) in [6, 6.07) is 17.6. The zero-order valence-electron chi connectivity index (χ0n) is 20.6. The molecule has 8 nitrogen and oxygen atoms in total. The number of sulfonamides is 1. The minimum absolute atomic E-state index is 0.0282. The van der Waals surface area contributed by atoms with E-state index in [0.717, 1.165) is 54.4 Å². The Bertz CT molecular complexity index is 1530. The fourth-order valence-corrected chi connectivity index (χ4v) is 6.96. The minimum atomic E-state index is -3.85. The van der Waals surface area contributed by atoms with Crippen molar-refractivity contribution < 1.29 is 17.6 Å². The van der Waals surface area contributed by atoms with E-state index in [1.807, 2.05) is 24.3 Å². The molecule has 4 aromatic rings. The second-order valence-electron chi connectivity index (χ2n) is 8.90. The van der Waals surface area contributed by atoms with Crippen LogP contribution < -0.4 is 14.9 Å². The van der Waals surface area contributed by atoms with Crippen molar-refractivity contribution in [2.45, 2.75) is 9.24 Å². The van der Waals surface area contributed by atoms with E-state index in [4.69, 9.17) is 0 Å². The number of thioether (sulfide) groups is 1. The van der Waals surface area contributed by atoms with Crippen LogP contribution in [0.1, 0.15) is 0 Å². The van der Waals surface area contributed by atoms with E-state index in [0.29, 0.717) is 15.5 Å². The summed E-state index contributed by atoms with van der Waals surface area (Å²) in [7, 11) is -1.72. The van der Waals surface area contributed by atoms with Crippen molar-refractivity contribution in [1.82, 2.24) is 9.88 Å². The molecule has 1 aliphatic rings. The number of amides is 1. The highest BCUT2D eigenvalue weighted by Gasteiger charge is 2.16. The van der Waals surface area contributed by atoms with E-state index in [9.17, 15) is 17.6 Å². The molecule has 1 fully saturated rings. The van der Waals surface area contributed by atoms with Crippen molar-refractivity contribution in [3.05, 3.63) is 72.5 Å². The van der Waals surface area contributed by atoms with Crippen LogP contribution in [0.5, 0.6) is 0 Å². The van der Waals surface area contributed by atoms with E-state index < -0.39 is 15.8 Å². The van der Waals surface area contributed by atoms with E-state index in [1.165, 1.54) is 35.2 Å². The van der Waals surface area contributed by atoms with Crippen molar-refractivity contribution in [2.75, 3.05) is 53.9 Å². The Kier molecular flexibility index (Phi) is 7.84.